The van der Waals surface area contributed by atoms with E-state index in [4.69, 9.17) is 80.3 Å². The summed E-state index contributed by atoms with van der Waals surface area (Å²) in [7, 11) is 9.66. The third-order valence-corrected chi connectivity index (χ3v) is 25.6. The molecule has 9 rings (SSSR count). The topological polar surface area (TPSA) is 492 Å². The number of amides is 2. The van der Waals surface area contributed by atoms with E-state index in [0.717, 1.165) is 13.8 Å². The normalized spacial score (nSPS) is 35.1. The van der Waals surface area contributed by atoms with Crippen molar-refractivity contribution >= 4 is 70.8 Å². The maximum absolute atomic E-state index is 17.0. The number of unbranched alkanes of at least 4 members (excludes halogenated alkanes) is 2. The number of methoxy groups -OCH3 is 2. The number of aryl methyl sites for hydroxylation is 1. The molecule has 0 spiro atoms. The summed E-state index contributed by atoms with van der Waals surface area (Å²) in [6.07, 6.45) is -4.85. The number of aliphatic hydroxyl groups excluding tert-OH is 2. The number of azide groups is 1. The van der Waals surface area contributed by atoms with Crippen molar-refractivity contribution in [2.24, 2.45) is 40.6 Å². The van der Waals surface area contributed by atoms with E-state index in [2.05, 4.69) is 36.2 Å². The van der Waals surface area contributed by atoms with Gasteiger partial charge in [0, 0.05) is 107 Å². The second-order valence-electron chi connectivity index (χ2n) is 35.7. The highest BCUT2D eigenvalue weighted by Crippen LogP contribution is 2.47. The number of nitrogens with two attached hydrogens (primary N) is 2. The lowest BCUT2D eigenvalue weighted by atomic mass is 9.73. The second-order valence-corrected chi connectivity index (χ2v) is 35.7. The number of pyridine rings is 2. The predicted molar refractivity (Wildman–Crippen MR) is 458 cm³/mol. The molecule has 9 heterocycles. The lowest BCUT2D eigenvalue weighted by Gasteiger charge is -2.47. The van der Waals surface area contributed by atoms with Crippen LogP contribution >= 0.6 is 0 Å². The van der Waals surface area contributed by atoms with Crippen molar-refractivity contribution < 1.29 is 124 Å². The van der Waals surface area contributed by atoms with E-state index in [9.17, 15) is 58.2 Å². The van der Waals surface area contributed by atoms with Crippen LogP contribution in [-0.2, 0) is 102 Å². The SMILES string of the molecule is C#Cc1cccc(N)n1.CCC1OC(=O)[C@@](C)(F)C(=O)[C@H](C)[C@@H](OC2OC(COC(C)=O)CC(N(C)C)C2O)[C@@](C)(OC)C[C@@H](C)C(=O)[C@H](C)[C@H]2N(CCCCN=[N+]=[N-])C(=O)O[C@]12C.CCC1OC(=O)[C@@](C)(F)C(=O)[C@H](C)[C@@H](OC2OC(COC(C)=O)CC(N(C)C)C2O)[C@@](C)(OC)C[C@@H](C)C(=O)[C@H](C)[C@H]2N(CCCCn3cc(-c4cccc(N)n4)nn3)C(=O)O[C@]12C. The molecule has 10 unspecified atom stereocenters. The van der Waals surface area contributed by atoms with Crippen LogP contribution in [0.1, 0.15) is 181 Å². The number of hydrogen-bond donors (Lipinski definition) is 4. The van der Waals surface area contributed by atoms with Gasteiger partial charge in [0.1, 0.15) is 72.2 Å². The van der Waals surface area contributed by atoms with Crippen molar-refractivity contribution in [1.29, 1.82) is 0 Å². The minimum Gasteiger partial charge on any atom is -0.463 e. The number of alkyl halides is 2. The molecule has 6 N–H and O–H groups in total. The van der Waals surface area contributed by atoms with Crippen molar-refractivity contribution in [3.63, 3.8) is 0 Å². The quantitative estimate of drug-likeness (QED) is 0.00909. The number of ether oxygens (including phenoxy) is 12. The van der Waals surface area contributed by atoms with Crippen LogP contribution in [0.4, 0.5) is 30.0 Å². The number of anilines is 2. The van der Waals surface area contributed by atoms with E-state index in [1.807, 2.05) is 0 Å². The maximum Gasteiger partial charge on any atom is 0.410 e. The average molecular weight is 1810 g/mol. The highest BCUT2D eigenvalue weighted by molar-refractivity contribution is 6.08. The number of hydrogen-bond acceptors (Lipinski definition) is 33. The van der Waals surface area contributed by atoms with Crippen LogP contribution in [0.5, 0.6) is 0 Å². The summed E-state index contributed by atoms with van der Waals surface area (Å²) in [5, 5.41) is 35.0. The van der Waals surface area contributed by atoms with Crippen molar-refractivity contribution in [2.45, 2.75) is 301 Å². The number of carbonyl (C=O) groups is 10. The lowest BCUT2D eigenvalue weighted by molar-refractivity contribution is -0.301. The largest absolute Gasteiger partial charge is 0.463 e. The Bertz CT molecular complexity index is 4460. The van der Waals surface area contributed by atoms with Gasteiger partial charge in [0.25, 0.3) is 11.3 Å². The number of fused-ring (bicyclic) bond motifs is 2. The van der Waals surface area contributed by atoms with Crippen LogP contribution in [0.15, 0.2) is 47.7 Å². The van der Waals surface area contributed by atoms with Crippen LogP contribution in [0.2, 0.25) is 0 Å². The zero-order valence-corrected chi connectivity index (χ0v) is 77.6. The first-order chi connectivity index (χ1) is 59.9. The van der Waals surface area contributed by atoms with Crippen molar-refractivity contribution in [3.05, 3.63) is 58.7 Å². The number of nitrogen functional groups attached to an aromatic ring is 2. The van der Waals surface area contributed by atoms with Gasteiger partial charge in [0.15, 0.2) is 35.3 Å². The molecule has 3 aromatic rings. The average Bonchev–Trinajstić information content (AvgIpc) is 1.54. The van der Waals surface area contributed by atoms with Crippen LogP contribution in [-0.4, -0.2) is 309 Å². The first-order valence-corrected chi connectivity index (χ1v) is 43.4. The first-order valence-electron chi connectivity index (χ1n) is 43.4. The molecule has 0 aromatic carbocycles. The van der Waals surface area contributed by atoms with Gasteiger partial charge in [-0.2, -0.15) is 0 Å². The predicted octanol–water partition coefficient (Wildman–Crippen LogP) is 8.10. The number of halogens is 2. The van der Waals surface area contributed by atoms with Crippen molar-refractivity contribution in [2.75, 3.05) is 86.7 Å². The van der Waals surface area contributed by atoms with Gasteiger partial charge in [-0.15, -0.1) is 11.5 Å². The van der Waals surface area contributed by atoms with Crippen LogP contribution < -0.4 is 11.5 Å². The van der Waals surface area contributed by atoms with E-state index in [0.29, 0.717) is 60.9 Å². The first kappa shape index (κ1) is 106. The molecular weight excluding hydrogens is 1680 g/mol. The molecular formula is C88H132F2N14O24. The summed E-state index contributed by atoms with van der Waals surface area (Å²) in [6.45, 7) is 23.7. The van der Waals surface area contributed by atoms with E-state index in [1.165, 1.54) is 58.6 Å². The minimum absolute atomic E-state index is 0.0403. The Kier molecular flexibility index (Phi) is 37.0. The van der Waals surface area contributed by atoms with Gasteiger partial charge >= 0.3 is 36.1 Å². The molecule has 128 heavy (non-hydrogen) atoms. The Labute approximate surface area is 746 Å². The Morgan fingerprint density at radius 2 is 1.03 bits per heavy atom. The number of ketones is 4. The number of aromatic nitrogens is 5. The number of terminal acetylenes is 1. The monoisotopic (exact) mass is 1810 g/mol. The van der Waals surface area contributed by atoms with Gasteiger partial charge in [-0.1, -0.05) is 83.8 Å². The van der Waals surface area contributed by atoms with Gasteiger partial charge in [-0.05, 0) is 164 Å². The highest BCUT2D eigenvalue weighted by atomic mass is 19.1. The Morgan fingerprint density at radius 1 is 0.625 bits per heavy atom. The van der Waals surface area contributed by atoms with Gasteiger partial charge in [0.05, 0.1) is 59.6 Å². The molecule has 38 nitrogen and oxygen atoms in total. The summed E-state index contributed by atoms with van der Waals surface area (Å²) in [6, 6.07) is 7.32. The second kappa shape index (κ2) is 44.9. The molecule has 0 radical (unpaired) electrons. The molecule has 0 bridgehead atoms. The van der Waals surface area contributed by atoms with Gasteiger partial charge in [-0.25, -0.2) is 37.9 Å². The fourth-order valence-electron chi connectivity index (χ4n) is 18.6. The molecule has 6 aliphatic rings. The van der Waals surface area contributed by atoms with Crippen LogP contribution in [0, 0.1) is 47.9 Å². The molecule has 40 heteroatoms. The molecule has 6 fully saturated rings. The number of nitrogens with zero attached hydrogens (tertiary/aromatic N) is 12. The summed E-state index contributed by atoms with van der Waals surface area (Å²) < 4.78 is 107. The van der Waals surface area contributed by atoms with E-state index in [1.54, 1.807) is 148 Å². The Morgan fingerprint density at radius 3 is 1.40 bits per heavy atom. The molecule has 6 aliphatic heterocycles. The smallest absolute Gasteiger partial charge is 0.410 e. The maximum atomic E-state index is 17.0. The Hall–Kier alpha value is -9.53. The standard InChI is InChI=1S/C44H66FN7O12.C37H60FN5O12.C7H6N2/c1-12-32-44(8)36(52(41(58)64-44)19-14-13-18-51-22-30(48-49-51)29-16-15-17-33(46)47-29)25(3)34(54)24(2)21-42(6,59-11)38(26(4)37(56)43(7,45)40(57)62-32)63-39-35(55)31(50(9)10)20-28(61-39)23-60-27(5)53;1-12-26-37(8)29(43(34(49)55-37)16-14-13-15-40-41-39)21(3)27(45)20(2)18-35(6,50-11)31(22(4)30(47)36(7,38)33(48)53-26)54-32-28(46)25(42(9)10)17-24(52-32)19-51-23(5)44;1-2-6-4-3-5-7(8)9-6/h15-17,22,24-26,28,31-32,35-36,38-39,55H,12-14,18-21,23H2,1-11H3,(H2,46,47);20-22,24-26,28-29,31-32,46H,12-19H2,1-11H3;1,3-5H,(H2,8,9)/t24-,25+,26+,28?,31?,32?,35?,36-,38-,39?,42+,43+,44-;20-,21+,22+,24?,25?,26?,28?,29-,31-,32?,35+,36+,37-;/m11./s1. The summed E-state index contributed by atoms with van der Waals surface area (Å²) >= 11 is 0. The van der Waals surface area contributed by atoms with Gasteiger partial charge in [-0.3, -0.25) is 33.4 Å². The minimum atomic E-state index is -3.26. The molecule has 3 aromatic heterocycles. The number of esters is 4. The van der Waals surface area contributed by atoms with E-state index < -0.39 is 202 Å². The zero-order chi connectivity index (χ0) is 95.8. The summed E-state index contributed by atoms with van der Waals surface area (Å²) in [4.78, 5) is 154. The Balaban J connectivity index is 0.000000321. The van der Waals surface area contributed by atoms with Gasteiger partial charge in [0.2, 0.25) is 0 Å². The van der Waals surface area contributed by atoms with E-state index in [-0.39, 0.29) is 82.9 Å². The lowest BCUT2D eigenvalue weighted by Crippen LogP contribution is -2.62. The molecule has 0 aliphatic carbocycles. The number of Topliss-reactive ketones (excluding diaryl/α,β-unsaturated/α-hetero) is 4. The van der Waals surface area contributed by atoms with Crippen molar-refractivity contribution in [1.82, 2.24) is 44.6 Å². The zero-order valence-electron chi connectivity index (χ0n) is 77.6. The number of rotatable bonds is 25. The van der Waals surface area contributed by atoms with Gasteiger partial charge < -0.3 is 98.1 Å². The fraction of sp³-hybridized carbons (Fsp3) is 0.727. The summed E-state index contributed by atoms with van der Waals surface area (Å²) in [5.41, 5.74) is 8.63. The number of likely N-dealkylation sites (N-methyl/N-ethyl adjacent to an activating group) is 2. The third kappa shape index (κ3) is 24.6. The summed E-state index contributed by atoms with van der Waals surface area (Å²) in [5.74, 6) is -10.3. The van der Waals surface area contributed by atoms with Crippen LogP contribution in [0.25, 0.3) is 21.8 Å². The molecule has 26 atom stereocenters. The van der Waals surface area contributed by atoms with Crippen LogP contribution in [0.3, 0.4) is 0 Å². The third-order valence-electron chi connectivity index (χ3n) is 25.6. The fourth-order valence-corrected chi connectivity index (χ4v) is 18.6. The highest BCUT2D eigenvalue weighted by Gasteiger charge is 2.65. The van der Waals surface area contributed by atoms with Crippen molar-refractivity contribution in [3.8, 4) is 23.7 Å². The number of carbonyl (C=O) groups excluding carboxylic acids is 10. The molecule has 712 valence electrons. The number of aliphatic hydroxyl groups is 2. The van der Waals surface area contributed by atoms with E-state index >= 15 is 8.78 Å². The molecule has 6 saturated heterocycles. The molecule has 2 amide bonds. The number of cyclic esters (lactones) is 2. The molecule has 0 saturated carbocycles.